The van der Waals surface area contributed by atoms with Crippen molar-refractivity contribution in [2.75, 3.05) is 11.4 Å². The van der Waals surface area contributed by atoms with Crippen LogP contribution in [0.15, 0.2) is 24.3 Å². The second-order valence-corrected chi connectivity index (χ2v) is 5.19. The van der Waals surface area contributed by atoms with Gasteiger partial charge in [0, 0.05) is 29.9 Å². The van der Waals surface area contributed by atoms with Crippen LogP contribution >= 0.6 is 0 Å². The third-order valence-electron chi connectivity index (χ3n) is 3.52. The van der Waals surface area contributed by atoms with Crippen LogP contribution in [0.4, 0.5) is 11.4 Å². The highest BCUT2D eigenvalue weighted by Gasteiger charge is 2.29. The third kappa shape index (κ3) is 2.40. The van der Waals surface area contributed by atoms with Gasteiger partial charge in [-0.05, 0) is 45.2 Å². The number of nitro benzene ring substituents is 1. The molecule has 0 aromatic heterocycles. The van der Waals surface area contributed by atoms with Crippen molar-refractivity contribution in [3.63, 3.8) is 0 Å². The molecule has 0 saturated carbocycles. The van der Waals surface area contributed by atoms with E-state index in [0.717, 1.165) is 12.2 Å². The van der Waals surface area contributed by atoms with E-state index in [9.17, 15) is 10.1 Å². The summed E-state index contributed by atoms with van der Waals surface area (Å²) in [6.07, 6.45) is 3.63. The molecule has 1 aromatic carbocycles. The van der Waals surface area contributed by atoms with Gasteiger partial charge >= 0.3 is 0 Å². The Bertz CT molecular complexity index is 412. The first-order valence-electron chi connectivity index (χ1n) is 6.03. The molecule has 1 fully saturated rings. The molecule has 2 rings (SSSR count). The standard InChI is InChI=1S/C13H18N2O2/c1-13(2)9-3-4-10-14(13)11-5-7-12(8-6-11)15(16)17/h5-8H,3-4,9-10H2,1-2H3. The van der Waals surface area contributed by atoms with Crippen molar-refractivity contribution >= 4 is 11.4 Å². The molecule has 0 atom stereocenters. The molecular weight excluding hydrogens is 216 g/mol. The van der Waals surface area contributed by atoms with Gasteiger partial charge in [-0.1, -0.05) is 0 Å². The van der Waals surface area contributed by atoms with Gasteiger partial charge in [-0.2, -0.15) is 0 Å². The first kappa shape index (κ1) is 11.9. The van der Waals surface area contributed by atoms with Gasteiger partial charge < -0.3 is 4.90 Å². The quantitative estimate of drug-likeness (QED) is 0.582. The number of rotatable bonds is 2. The Balaban J connectivity index is 2.24. The van der Waals surface area contributed by atoms with Gasteiger partial charge in [-0.15, -0.1) is 0 Å². The molecular formula is C13H18N2O2. The number of piperidine rings is 1. The van der Waals surface area contributed by atoms with Crippen molar-refractivity contribution in [1.82, 2.24) is 0 Å². The molecule has 4 nitrogen and oxygen atoms in total. The first-order chi connectivity index (χ1) is 8.00. The fourth-order valence-corrected chi connectivity index (χ4v) is 2.50. The van der Waals surface area contributed by atoms with Crippen molar-refractivity contribution in [2.45, 2.75) is 38.6 Å². The Morgan fingerprint density at radius 3 is 2.41 bits per heavy atom. The average molecular weight is 234 g/mol. The molecule has 0 spiro atoms. The predicted octanol–water partition coefficient (Wildman–Crippen LogP) is 3.36. The maximum absolute atomic E-state index is 10.6. The van der Waals surface area contributed by atoms with Crippen LogP contribution in [0.5, 0.6) is 0 Å². The molecule has 0 bridgehead atoms. The van der Waals surface area contributed by atoms with Gasteiger partial charge in [-0.3, -0.25) is 10.1 Å². The molecule has 0 amide bonds. The zero-order valence-corrected chi connectivity index (χ0v) is 10.3. The van der Waals surface area contributed by atoms with Crippen LogP contribution in [0.1, 0.15) is 33.1 Å². The minimum Gasteiger partial charge on any atom is -0.366 e. The topological polar surface area (TPSA) is 46.4 Å². The van der Waals surface area contributed by atoms with Crippen molar-refractivity contribution < 1.29 is 4.92 Å². The van der Waals surface area contributed by atoms with Gasteiger partial charge in [-0.25, -0.2) is 0 Å². The second kappa shape index (κ2) is 4.35. The zero-order valence-electron chi connectivity index (χ0n) is 10.3. The van der Waals surface area contributed by atoms with Crippen molar-refractivity contribution in [2.24, 2.45) is 0 Å². The average Bonchev–Trinajstić information content (AvgIpc) is 2.28. The number of benzene rings is 1. The summed E-state index contributed by atoms with van der Waals surface area (Å²) < 4.78 is 0. The van der Waals surface area contributed by atoms with Crippen molar-refractivity contribution in [1.29, 1.82) is 0 Å². The van der Waals surface area contributed by atoms with Gasteiger partial charge in [0.05, 0.1) is 4.92 Å². The number of nitrogens with zero attached hydrogens (tertiary/aromatic N) is 2. The maximum Gasteiger partial charge on any atom is 0.269 e. The van der Waals surface area contributed by atoms with Crippen LogP contribution in [0.25, 0.3) is 0 Å². The highest BCUT2D eigenvalue weighted by molar-refractivity contribution is 5.53. The van der Waals surface area contributed by atoms with Crippen LogP contribution in [0.3, 0.4) is 0 Å². The summed E-state index contributed by atoms with van der Waals surface area (Å²) in [5, 5.41) is 10.6. The molecule has 92 valence electrons. The lowest BCUT2D eigenvalue weighted by atomic mass is 9.90. The summed E-state index contributed by atoms with van der Waals surface area (Å²) >= 11 is 0. The predicted molar refractivity (Wildman–Crippen MR) is 68.4 cm³/mol. The number of hydrogen-bond donors (Lipinski definition) is 0. The summed E-state index contributed by atoms with van der Waals surface area (Å²) in [5.74, 6) is 0. The van der Waals surface area contributed by atoms with E-state index >= 15 is 0 Å². The van der Waals surface area contributed by atoms with Crippen molar-refractivity contribution in [3.05, 3.63) is 34.4 Å². The molecule has 1 aromatic rings. The summed E-state index contributed by atoms with van der Waals surface area (Å²) in [6.45, 7) is 5.49. The molecule has 4 heteroatoms. The van der Waals surface area contributed by atoms with E-state index in [1.54, 1.807) is 12.1 Å². The highest BCUT2D eigenvalue weighted by Crippen LogP contribution is 2.33. The third-order valence-corrected chi connectivity index (χ3v) is 3.52. The lowest BCUT2D eigenvalue weighted by Crippen LogP contribution is -2.47. The highest BCUT2D eigenvalue weighted by atomic mass is 16.6. The van der Waals surface area contributed by atoms with E-state index in [1.165, 1.54) is 19.3 Å². The van der Waals surface area contributed by atoms with Crippen molar-refractivity contribution in [3.8, 4) is 0 Å². The van der Waals surface area contributed by atoms with Crippen LogP contribution in [-0.2, 0) is 0 Å². The summed E-state index contributed by atoms with van der Waals surface area (Å²) in [6, 6.07) is 6.87. The summed E-state index contributed by atoms with van der Waals surface area (Å²) in [7, 11) is 0. The Morgan fingerprint density at radius 1 is 1.24 bits per heavy atom. The minimum atomic E-state index is -0.356. The minimum absolute atomic E-state index is 0.147. The van der Waals surface area contributed by atoms with Crippen LogP contribution in [0, 0.1) is 10.1 Å². The number of nitro groups is 1. The number of non-ortho nitro benzene ring substituents is 1. The maximum atomic E-state index is 10.6. The first-order valence-corrected chi connectivity index (χ1v) is 6.03. The van der Waals surface area contributed by atoms with Crippen LogP contribution in [0.2, 0.25) is 0 Å². The molecule has 1 heterocycles. The van der Waals surface area contributed by atoms with Crippen LogP contribution < -0.4 is 4.90 Å². The lowest BCUT2D eigenvalue weighted by molar-refractivity contribution is -0.384. The van der Waals surface area contributed by atoms with Gasteiger partial charge in [0.25, 0.3) is 5.69 Å². The van der Waals surface area contributed by atoms with E-state index < -0.39 is 0 Å². The van der Waals surface area contributed by atoms with Gasteiger partial charge in [0.1, 0.15) is 0 Å². The second-order valence-electron chi connectivity index (χ2n) is 5.19. The van der Waals surface area contributed by atoms with E-state index in [-0.39, 0.29) is 16.1 Å². The molecule has 0 N–H and O–H groups in total. The molecule has 0 aliphatic carbocycles. The zero-order chi connectivity index (χ0) is 12.5. The normalized spacial score (nSPS) is 19.1. The van der Waals surface area contributed by atoms with Crippen LogP contribution in [-0.4, -0.2) is 17.0 Å². The number of hydrogen-bond acceptors (Lipinski definition) is 3. The molecule has 17 heavy (non-hydrogen) atoms. The van der Waals surface area contributed by atoms with E-state index in [2.05, 4.69) is 18.7 Å². The molecule has 1 aliphatic heterocycles. The smallest absolute Gasteiger partial charge is 0.269 e. The molecule has 1 aliphatic rings. The van der Waals surface area contributed by atoms with E-state index in [1.807, 2.05) is 12.1 Å². The van der Waals surface area contributed by atoms with E-state index in [4.69, 9.17) is 0 Å². The van der Waals surface area contributed by atoms with Gasteiger partial charge in [0.15, 0.2) is 0 Å². The molecule has 1 saturated heterocycles. The fourth-order valence-electron chi connectivity index (χ4n) is 2.50. The summed E-state index contributed by atoms with van der Waals surface area (Å²) in [5.41, 5.74) is 1.39. The Morgan fingerprint density at radius 2 is 1.88 bits per heavy atom. The molecule has 0 radical (unpaired) electrons. The largest absolute Gasteiger partial charge is 0.366 e. The lowest BCUT2D eigenvalue weighted by Gasteiger charge is -2.44. The Kier molecular flexibility index (Phi) is 3.05. The monoisotopic (exact) mass is 234 g/mol. The SMILES string of the molecule is CC1(C)CCCCN1c1ccc([N+](=O)[O-])cc1. The van der Waals surface area contributed by atoms with Gasteiger partial charge in [0.2, 0.25) is 0 Å². The summed E-state index contributed by atoms with van der Waals surface area (Å²) in [4.78, 5) is 12.6. The Labute approximate surface area is 101 Å². The number of anilines is 1. The fraction of sp³-hybridized carbons (Fsp3) is 0.538. The molecule has 0 unspecified atom stereocenters. The Hall–Kier alpha value is -1.58. The van der Waals surface area contributed by atoms with E-state index in [0.29, 0.717) is 0 Å².